The summed E-state index contributed by atoms with van der Waals surface area (Å²) in [6.45, 7) is 4.39. The lowest BCUT2D eigenvalue weighted by molar-refractivity contribution is 0.0521. The quantitative estimate of drug-likeness (QED) is 0.549. The Bertz CT molecular complexity index is 969. The molecule has 1 aliphatic rings. The van der Waals surface area contributed by atoms with E-state index in [1.54, 1.807) is 6.92 Å². The van der Waals surface area contributed by atoms with Crippen LogP contribution in [0.1, 0.15) is 67.9 Å². The van der Waals surface area contributed by atoms with Gasteiger partial charge in [0, 0.05) is 11.3 Å². The normalized spacial score (nSPS) is 15.3. The molecule has 0 bridgehead atoms. The minimum absolute atomic E-state index is 0.237. The number of furan rings is 1. The van der Waals surface area contributed by atoms with Crippen molar-refractivity contribution in [3.8, 4) is 5.95 Å². The van der Waals surface area contributed by atoms with E-state index in [2.05, 4.69) is 0 Å². The van der Waals surface area contributed by atoms with E-state index in [9.17, 15) is 4.79 Å². The van der Waals surface area contributed by atoms with Crippen LogP contribution in [0.2, 0.25) is 0 Å². The van der Waals surface area contributed by atoms with Crippen molar-refractivity contribution in [2.75, 3.05) is 13.2 Å². The second-order valence-electron chi connectivity index (χ2n) is 6.97. The van der Waals surface area contributed by atoms with Gasteiger partial charge in [-0.2, -0.15) is 0 Å². The molecule has 5 heteroatoms. The van der Waals surface area contributed by atoms with Gasteiger partial charge in [-0.25, -0.2) is 9.78 Å². The molecule has 0 aliphatic heterocycles. The summed E-state index contributed by atoms with van der Waals surface area (Å²) < 4.78 is 17.1. The third-order valence-corrected chi connectivity index (χ3v) is 5.27. The highest BCUT2D eigenvalue weighted by Crippen LogP contribution is 2.43. The lowest BCUT2D eigenvalue weighted by Crippen LogP contribution is -2.08. The molecule has 0 spiro atoms. The third kappa shape index (κ3) is 3.15. The van der Waals surface area contributed by atoms with Crippen molar-refractivity contribution < 1.29 is 18.7 Å². The average Bonchev–Trinajstić information content (AvgIpc) is 3.08. The van der Waals surface area contributed by atoms with Crippen LogP contribution in [0.15, 0.2) is 28.7 Å². The van der Waals surface area contributed by atoms with Crippen LogP contribution in [0.4, 0.5) is 0 Å². The van der Waals surface area contributed by atoms with Crippen molar-refractivity contribution in [2.24, 2.45) is 0 Å². The molecule has 0 unspecified atom stereocenters. The fraction of sp³-hybridized carbons (Fsp3) is 0.455. The van der Waals surface area contributed by atoms with E-state index in [0.29, 0.717) is 30.3 Å². The zero-order valence-electron chi connectivity index (χ0n) is 15.9. The first-order valence-electron chi connectivity index (χ1n) is 9.89. The molecule has 0 amide bonds. The van der Waals surface area contributed by atoms with E-state index in [1.807, 2.05) is 31.2 Å². The van der Waals surface area contributed by atoms with Gasteiger partial charge < -0.3 is 13.9 Å². The van der Waals surface area contributed by atoms with Gasteiger partial charge in [-0.1, -0.05) is 37.5 Å². The summed E-state index contributed by atoms with van der Waals surface area (Å²) in [6.07, 6.45) is 5.86. The molecular weight excluding hydrogens is 342 g/mol. The number of rotatable bonds is 5. The molecule has 2 aromatic heterocycles. The second kappa shape index (κ2) is 7.59. The smallest absolute Gasteiger partial charge is 0.346 e. The molecule has 0 radical (unpaired) electrons. The number of ether oxygens (including phenoxy) is 2. The van der Waals surface area contributed by atoms with E-state index in [1.165, 1.54) is 19.3 Å². The van der Waals surface area contributed by atoms with Crippen molar-refractivity contribution >= 4 is 27.8 Å². The summed E-state index contributed by atoms with van der Waals surface area (Å²) in [5.41, 5.74) is 2.87. The maximum atomic E-state index is 12.8. The number of carbonyl (C=O) groups is 1. The van der Waals surface area contributed by atoms with Crippen LogP contribution in [0, 0.1) is 0 Å². The Hall–Kier alpha value is -2.56. The molecule has 27 heavy (non-hydrogen) atoms. The minimum atomic E-state index is -0.411. The zero-order valence-corrected chi connectivity index (χ0v) is 15.9. The van der Waals surface area contributed by atoms with Gasteiger partial charge in [-0.15, -0.1) is 0 Å². The summed E-state index contributed by atoms with van der Waals surface area (Å²) in [7, 11) is 0. The number of fused-ring (bicyclic) bond motifs is 3. The Morgan fingerprint density at radius 3 is 2.67 bits per heavy atom. The van der Waals surface area contributed by atoms with Gasteiger partial charge in [-0.05, 0) is 32.8 Å². The first kappa shape index (κ1) is 17.8. The molecule has 1 fully saturated rings. The van der Waals surface area contributed by atoms with Crippen LogP contribution in [0.5, 0.6) is 5.95 Å². The number of benzene rings is 1. The first-order chi connectivity index (χ1) is 13.2. The van der Waals surface area contributed by atoms with Gasteiger partial charge in [-0.3, -0.25) is 0 Å². The molecule has 4 rings (SSSR count). The Morgan fingerprint density at radius 1 is 1.15 bits per heavy atom. The Kier molecular flexibility index (Phi) is 5.01. The van der Waals surface area contributed by atoms with Gasteiger partial charge in [0.05, 0.1) is 29.8 Å². The summed E-state index contributed by atoms with van der Waals surface area (Å²) >= 11 is 0. The molecule has 0 N–H and O–H groups in total. The molecular formula is C22H25NO4. The SMILES string of the molecule is CCOC(=O)c1c(OCC)oc2c(C3CCCCC3)nc3ccccc3c12. The number of esters is 1. The van der Waals surface area contributed by atoms with Gasteiger partial charge in [0.1, 0.15) is 0 Å². The van der Waals surface area contributed by atoms with Gasteiger partial charge >= 0.3 is 11.9 Å². The van der Waals surface area contributed by atoms with Crippen LogP contribution in [-0.4, -0.2) is 24.2 Å². The lowest BCUT2D eigenvalue weighted by atomic mass is 9.85. The second-order valence-corrected chi connectivity index (χ2v) is 6.97. The highest BCUT2D eigenvalue weighted by Gasteiger charge is 2.30. The van der Waals surface area contributed by atoms with Gasteiger partial charge in [0.2, 0.25) is 0 Å². The summed E-state index contributed by atoms with van der Waals surface area (Å²) in [5, 5.41) is 1.66. The number of para-hydroxylation sites is 1. The minimum Gasteiger partial charge on any atom is -0.465 e. The molecule has 0 saturated heterocycles. The number of carbonyl (C=O) groups excluding carboxylic acids is 1. The Balaban J connectivity index is 2.03. The van der Waals surface area contributed by atoms with Crippen molar-refractivity contribution in [1.29, 1.82) is 0 Å². The average molecular weight is 367 g/mol. The van der Waals surface area contributed by atoms with E-state index in [-0.39, 0.29) is 5.95 Å². The predicted molar refractivity (Wildman–Crippen MR) is 104 cm³/mol. The van der Waals surface area contributed by atoms with Crippen molar-refractivity contribution in [3.05, 3.63) is 35.5 Å². The molecule has 0 atom stereocenters. The monoisotopic (exact) mass is 367 g/mol. The summed E-state index contributed by atoms with van der Waals surface area (Å²) in [4.78, 5) is 17.7. The third-order valence-electron chi connectivity index (χ3n) is 5.27. The number of pyridine rings is 1. The lowest BCUT2D eigenvalue weighted by Gasteiger charge is -2.21. The summed E-state index contributed by atoms with van der Waals surface area (Å²) in [5.74, 6) is 0.174. The molecule has 2 heterocycles. The van der Waals surface area contributed by atoms with Crippen molar-refractivity contribution in [2.45, 2.75) is 51.9 Å². The predicted octanol–water partition coefficient (Wildman–Crippen LogP) is 5.60. The number of hydrogen-bond donors (Lipinski definition) is 0. The first-order valence-corrected chi connectivity index (χ1v) is 9.89. The highest BCUT2D eigenvalue weighted by atomic mass is 16.6. The molecule has 1 aliphatic carbocycles. The standard InChI is InChI=1S/C22H25NO4/c1-3-25-21(24)18-17-15-12-8-9-13-16(15)23-19(14-10-6-5-7-11-14)20(17)27-22(18)26-4-2/h8-9,12-14H,3-7,10-11H2,1-2H3. The number of aromatic nitrogens is 1. The fourth-order valence-corrected chi connectivity index (χ4v) is 4.08. The molecule has 5 nitrogen and oxygen atoms in total. The maximum absolute atomic E-state index is 12.8. The van der Waals surface area contributed by atoms with E-state index in [0.717, 1.165) is 34.8 Å². The van der Waals surface area contributed by atoms with Crippen LogP contribution in [0.3, 0.4) is 0 Å². The molecule has 1 saturated carbocycles. The summed E-state index contributed by atoms with van der Waals surface area (Å²) in [6, 6.07) is 7.89. The van der Waals surface area contributed by atoms with E-state index >= 15 is 0 Å². The highest BCUT2D eigenvalue weighted by molar-refractivity contribution is 6.16. The zero-order chi connectivity index (χ0) is 18.8. The van der Waals surface area contributed by atoms with E-state index in [4.69, 9.17) is 18.9 Å². The largest absolute Gasteiger partial charge is 0.465 e. The Morgan fingerprint density at radius 2 is 1.93 bits per heavy atom. The number of nitrogens with zero attached hydrogens (tertiary/aromatic N) is 1. The van der Waals surface area contributed by atoms with Gasteiger partial charge in [0.25, 0.3) is 0 Å². The van der Waals surface area contributed by atoms with Crippen molar-refractivity contribution in [3.63, 3.8) is 0 Å². The topological polar surface area (TPSA) is 61.6 Å². The molecule has 1 aromatic carbocycles. The Labute approximate surface area is 158 Å². The maximum Gasteiger partial charge on any atom is 0.346 e. The van der Waals surface area contributed by atoms with Crippen LogP contribution in [0.25, 0.3) is 21.9 Å². The van der Waals surface area contributed by atoms with Crippen molar-refractivity contribution in [1.82, 2.24) is 4.98 Å². The number of hydrogen-bond acceptors (Lipinski definition) is 5. The van der Waals surface area contributed by atoms with Crippen LogP contribution in [-0.2, 0) is 4.74 Å². The van der Waals surface area contributed by atoms with Gasteiger partial charge in [0.15, 0.2) is 11.1 Å². The van der Waals surface area contributed by atoms with Crippen LogP contribution >= 0.6 is 0 Å². The molecule has 142 valence electrons. The molecule has 3 aromatic rings. The van der Waals surface area contributed by atoms with E-state index < -0.39 is 5.97 Å². The van der Waals surface area contributed by atoms with Crippen LogP contribution < -0.4 is 4.74 Å². The fourth-order valence-electron chi connectivity index (χ4n) is 4.08.